The maximum atomic E-state index is 12.9. The standard InChI is InChI=1S/C11H13ClFN/c1-14-11(7-2-3-7)8-4-5-10(13)9(12)6-8/h4-7,11,14H,2-3H2,1H3. The van der Waals surface area contributed by atoms with Gasteiger partial charge in [-0.1, -0.05) is 17.7 Å². The van der Waals surface area contributed by atoms with Crippen LogP contribution >= 0.6 is 11.6 Å². The van der Waals surface area contributed by atoms with Crippen molar-refractivity contribution in [1.29, 1.82) is 0 Å². The maximum absolute atomic E-state index is 12.9. The van der Waals surface area contributed by atoms with Crippen LogP contribution in [0.15, 0.2) is 18.2 Å². The Morgan fingerprint density at radius 2 is 2.21 bits per heavy atom. The second-order valence-corrected chi connectivity index (χ2v) is 4.18. The van der Waals surface area contributed by atoms with Crippen LogP contribution in [0.25, 0.3) is 0 Å². The SMILES string of the molecule is CNC(c1ccc(F)c(Cl)c1)C1CC1. The lowest BCUT2D eigenvalue weighted by atomic mass is 10.0. The fourth-order valence-electron chi connectivity index (χ4n) is 1.81. The average molecular weight is 214 g/mol. The van der Waals surface area contributed by atoms with Crippen molar-refractivity contribution in [3.05, 3.63) is 34.6 Å². The second kappa shape index (κ2) is 3.87. The van der Waals surface area contributed by atoms with E-state index in [0.717, 1.165) is 5.56 Å². The molecule has 0 bridgehead atoms. The molecule has 1 saturated carbocycles. The molecule has 1 aliphatic carbocycles. The summed E-state index contributed by atoms with van der Waals surface area (Å²) in [6.07, 6.45) is 2.50. The Kier molecular flexibility index (Phi) is 2.75. The second-order valence-electron chi connectivity index (χ2n) is 3.78. The molecule has 0 spiro atoms. The van der Waals surface area contributed by atoms with Gasteiger partial charge in [0.1, 0.15) is 5.82 Å². The van der Waals surface area contributed by atoms with E-state index in [4.69, 9.17) is 11.6 Å². The number of hydrogen-bond acceptors (Lipinski definition) is 1. The van der Waals surface area contributed by atoms with Crippen molar-refractivity contribution >= 4 is 11.6 Å². The summed E-state index contributed by atoms with van der Waals surface area (Å²) in [5.74, 6) is 0.350. The van der Waals surface area contributed by atoms with E-state index in [1.807, 2.05) is 7.05 Å². The van der Waals surface area contributed by atoms with Crippen molar-refractivity contribution in [2.24, 2.45) is 5.92 Å². The smallest absolute Gasteiger partial charge is 0.141 e. The Balaban J connectivity index is 2.25. The third-order valence-corrected chi connectivity index (χ3v) is 3.00. The summed E-state index contributed by atoms with van der Waals surface area (Å²) in [5.41, 5.74) is 1.08. The molecule has 0 heterocycles. The third kappa shape index (κ3) is 1.91. The topological polar surface area (TPSA) is 12.0 Å². The van der Waals surface area contributed by atoms with Crippen LogP contribution in [0.1, 0.15) is 24.4 Å². The molecule has 1 atom stereocenters. The first-order valence-corrected chi connectivity index (χ1v) is 5.22. The van der Waals surface area contributed by atoms with E-state index >= 15 is 0 Å². The van der Waals surface area contributed by atoms with E-state index in [-0.39, 0.29) is 10.8 Å². The number of rotatable bonds is 3. The largest absolute Gasteiger partial charge is 0.313 e. The van der Waals surface area contributed by atoms with Gasteiger partial charge in [-0.25, -0.2) is 4.39 Å². The van der Waals surface area contributed by atoms with E-state index in [0.29, 0.717) is 12.0 Å². The van der Waals surface area contributed by atoms with Gasteiger partial charge in [-0.05, 0) is 43.5 Å². The predicted molar refractivity (Wildman–Crippen MR) is 55.9 cm³/mol. The van der Waals surface area contributed by atoms with Crippen molar-refractivity contribution in [1.82, 2.24) is 5.32 Å². The van der Waals surface area contributed by atoms with Crippen molar-refractivity contribution < 1.29 is 4.39 Å². The van der Waals surface area contributed by atoms with Gasteiger partial charge in [0.05, 0.1) is 5.02 Å². The molecule has 1 unspecified atom stereocenters. The van der Waals surface area contributed by atoms with Gasteiger partial charge in [0.15, 0.2) is 0 Å². The maximum Gasteiger partial charge on any atom is 0.141 e. The van der Waals surface area contributed by atoms with Gasteiger partial charge in [0.25, 0.3) is 0 Å². The molecule has 0 radical (unpaired) electrons. The van der Waals surface area contributed by atoms with E-state index in [9.17, 15) is 4.39 Å². The Hall–Kier alpha value is -0.600. The Morgan fingerprint density at radius 3 is 2.71 bits per heavy atom. The molecule has 0 amide bonds. The van der Waals surface area contributed by atoms with E-state index < -0.39 is 0 Å². The average Bonchev–Trinajstić information content (AvgIpc) is 2.96. The third-order valence-electron chi connectivity index (χ3n) is 2.71. The summed E-state index contributed by atoms with van der Waals surface area (Å²) < 4.78 is 12.9. The number of nitrogens with one attached hydrogen (secondary N) is 1. The summed E-state index contributed by atoms with van der Waals surface area (Å²) in [7, 11) is 1.93. The Bertz CT molecular complexity index is 336. The number of halogens is 2. The highest BCUT2D eigenvalue weighted by molar-refractivity contribution is 6.30. The van der Waals surface area contributed by atoms with Gasteiger partial charge in [0.2, 0.25) is 0 Å². The fourth-order valence-corrected chi connectivity index (χ4v) is 2.00. The first kappa shape index (κ1) is 9.94. The zero-order chi connectivity index (χ0) is 10.1. The minimum atomic E-state index is -0.346. The highest BCUT2D eigenvalue weighted by Gasteiger charge is 2.31. The van der Waals surface area contributed by atoms with Crippen LogP contribution in [-0.2, 0) is 0 Å². The van der Waals surface area contributed by atoms with Gasteiger partial charge in [-0.3, -0.25) is 0 Å². The molecule has 0 aromatic heterocycles. The van der Waals surface area contributed by atoms with E-state index in [1.54, 1.807) is 12.1 Å². The molecule has 0 saturated heterocycles. The van der Waals surface area contributed by atoms with E-state index in [1.165, 1.54) is 18.9 Å². The molecule has 1 aromatic carbocycles. The molecule has 0 aliphatic heterocycles. The zero-order valence-electron chi connectivity index (χ0n) is 8.06. The molecular formula is C11H13ClFN. The number of hydrogen-bond donors (Lipinski definition) is 1. The molecule has 1 aliphatic rings. The monoisotopic (exact) mass is 213 g/mol. The summed E-state index contributed by atoms with van der Waals surface area (Å²) in [5, 5.41) is 3.46. The van der Waals surface area contributed by atoms with Gasteiger partial charge >= 0.3 is 0 Å². The van der Waals surface area contributed by atoms with Crippen LogP contribution in [0, 0.1) is 11.7 Å². The first-order valence-electron chi connectivity index (χ1n) is 4.84. The predicted octanol–water partition coefficient (Wildman–Crippen LogP) is 3.15. The molecule has 1 N–H and O–H groups in total. The van der Waals surface area contributed by atoms with Crippen LogP contribution < -0.4 is 5.32 Å². The van der Waals surface area contributed by atoms with Crippen LogP contribution in [0.4, 0.5) is 4.39 Å². The summed E-state index contributed by atoms with van der Waals surface area (Å²) in [4.78, 5) is 0. The molecule has 3 heteroatoms. The quantitative estimate of drug-likeness (QED) is 0.814. The summed E-state index contributed by atoms with van der Waals surface area (Å²) in [6.45, 7) is 0. The number of benzene rings is 1. The molecule has 76 valence electrons. The lowest BCUT2D eigenvalue weighted by Gasteiger charge is -2.15. The highest BCUT2D eigenvalue weighted by atomic mass is 35.5. The Morgan fingerprint density at radius 1 is 1.50 bits per heavy atom. The molecule has 1 aromatic rings. The normalized spacial score (nSPS) is 18.2. The van der Waals surface area contributed by atoms with Gasteiger partial charge in [0, 0.05) is 6.04 Å². The van der Waals surface area contributed by atoms with Gasteiger partial charge in [-0.15, -0.1) is 0 Å². The van der Waals surface area contributed by atoms with E-state index in [2.05, 4.69) is 5.32 Å². The lowest BCUT2D eigenvalue weighted by Crippen LogP contribution is -2.18. The summed E-state index contributed by atoms with van der Waals surface area (Å²) in [6, 6.07) is 5.29. The lowest BCUT2D eigenvalue weighted by molar-refractivity contribution is 0.527. The van der Waals surface area contributed by atoms with Crippen LogP contribution in [-0.4, -0.2) is 7.05 Å². The minimum absolute atomic E-state index is 0.211. The van der Waals surface area contributed by atoms with Crippen molar-refractivity contribution in [2.45, 2.75) is 18.9 Å². The van der Waals surface area contributed by atoms with Crippen molar-refractivity contribution in [3.8, 4) is 0 Å². The zero-order valence-corrected chi connectivity index (χ0v) is 8.81. The van der Waals surface area contributed by atoms with Gasteiger partial charge < -0.3 is 5.32 Å². The molecule has 1 fully saturated rings. The highest BCUT2D eigenvalue weighted by Crippen LogP contribution is 2.41. The molecule has 1 nitrogen and oxygen atoms in total. The van der Waals surface area contributed by atoms with Crippen LogP contribution in [0.3, 0.4) is 0 Å². The van der Waals surface area contributed by atoms with Crippen LogP contribution in [0.2, 0.25) is 5.02 Å². The van der Waals surface area contributed by atoms with Crippen LogP contribution in [0.5, 0.6) is 0 Å². The molecule has 14 heavy (non-hydrogen) atoms. The first-order chi connectivity index (χ1) is 6.72. The summed E-state index contributed by atoms with van der Waals surface area (Å²) >= 11 is 5.74. The van der Waals surface area contributed by atoms with Crippen molar-refractivity contribution in [2.75, 3.05) is 7.05 Å². The van der Waals surface area contributed by atoms with Gasteiger partial charge in [-0.2, -0.15) is 0 Å². The molecule has 2 rings (SSSR count). The Labute approximate surface area is 88.3 Å². The minimum Gasteiger partial charge on any atom is -0.313 e. The molecular weight excluding hydrogens is 201 g/mol. The fraction of sp³-hybridized carbons (Fsp3) is 0.455. The van der Waals surface area contributed by atoms with Crippen molar-refractivity contribution in [3.63, 3.8) is 0 Å².